The van der Waals surface area contributed by atoms with Crippen LogP contribution in [0.5, 0.6) is 0 Å². The van der Waals surface area contributed by atoms with Crippen molar-refractivity contribution in [3.05, 3.63) is 21.9 Å². The lowest BCUT2D eigenvalue weighted by molar-refractivity contribution is 0.0928. The molecule has 0 saturated carbocycles. The van der Waals surface area contributed by atoms with Crippen molar-refractivity contribution in [3.8, 4) is 6.07 Å². The summed E-state index contributed by atoms with van der Waals surface area (Å²) in [6, 6.07) is 3.91. The summed E-state index contributed by atoms with van der Waals surface area (Å²) in [6.45, 7) is 5.74. The number of nitrogens with zero attached hydrogens (tertiary/aromatic N) is 1. The average Bonchev–Trinajstić information content (AvgIpc) is 2.52. The minimum atomic E-state index is -0.506. The van der Waals surface area contributed by atoms with Gasteiger partial charge in [0.1, 0.15) is 5.92 Å². The number of Topliss-reactive ketones (excluding diaryl/α,β-unsaturated/α-hetero) is 1. The molecule has 14 heavy (non-hydrogen) atoms. The third-order valence-corrected chi connectivity index (χ3v) is 3.12. The second-order valence-electron chi connectivity index (χ2n) is 3.70. The smallest absolute Gasteiger partial charge is 0.190 e. The molecule has 0 spiro atoms. The molecule has 0 aromatic carbocycles. The molecule has 1 atom stereocenters. The van der Waals surface area contributed by atoms with Crippen LogP contribution in [0.4, 0.5) is 0 Å². The van der Waals surface area contributed by atoms with Crippen LogP contribution in [-0.4, -0.2) is 5.78 Å². The van der Waals surface area contributed by atoms with Gasteiger partial charge in [0.25, 0.3) is 0 Å². The van der Waals surface area contributed by atoms with Crippen molar-refractivity contribution < 1.29 is 4.79 Å². The van der Waals surface area contributed by atoms with E-state index >= 15 is 0 Å². The lowest BCUT2D eigenvalue weighted by atomic mass is 9.92. The molecule has 1 aromatic rings. The molecule has 0 aliphatic rings. The number of carbonyl (C=O) groups excluding carboxylic acids is 1. The summed E-state index contributed by atoms with van der Waals surface area (Å²) in [5.74, 6) is -0.469. The standard InChI is InChI=1S/C11H13NOS/c1-7(2)9(5-12)11(13)10-4-8(3)6-14-10/h4,6-7,9H,1-3H3. The van der Waals surface area contributed by atoms with Gasteiger partial charge in [-0.25, -0.2) is 0 Å². The summed E-state index contributed by atoms with van der Waals surface area (Å²) >= 11 is 1.42. The molecule has 1 unspecified atom stereocenters. The molecular formula is C11H13NOS. The first-order valence-corrected chi connectivity index (χ1v) is 5.43. The van der Waals surface area contributed by atoms with Gasteiger partial charge in [0.05, 0.1) is 10.9 Å². The fourth-order valence-electron chi connectivity index (χ4n) is 1.22. The summed E-state index contributed by atoms with van der Waals surface area (Å²) in [5.41, 5.74) is 1.08. The SMILES string of the molecule is Cc1csc(C(=O)C(C#N)C(C)C)c1. The van der Waals surface area contributed by atoms with E-state index in [9.17, 15) is 4.79 Å². The Morgan fingerprint density at radius 3 is 2.57 bits per heavy atom. The highest BCUT2D eigenvalue weighted by Gasteiger charge is 2.23. The molecule has 2 nitrogen and oxygen atoms in total. The van der Waals surface area contributed by atoms with E-state index in [-0.39, 0.29) is 11.7 Å². The van der Waals surface area contributed by atoms with Crippen LogP contribution in [0, 0.1) is 30.1 Å². The predicted octanol–water partition coefficient (Wildman–Crippen LogP) is 3.04. The zero-order valence-electron chi connectivity index (χ0n) is 8.57. The Kier molecular flexibility index (Phi) is 3.43. The van der Waals surface area contributed by atoms with Crippen LogP contribution in [0.15, 0.2) is 11.4 Å². The van der Waals surface area contributed by atoms with Crippen LogP contribution < -0.4 is 0 Å². The second kappa shape index (κ2) is 4.39. The van der Waals surface area contributed by atoms with Crippen LogP contribution in [0.3, 0.4) is 0 Å². The molecule has 0 fully saturated rings. The number of ketones is 1. The fourth-order valence-corrected chi connectivity index (χ4v) is 2.10. The number of aryl methyl sites for hydroxylation is 1. The maximum absolute atomic E-state index is 11.8. The lowest BCUT2D eigenvalue weighted by Gasteiger charge is -2.09. The summed E-state index contributed by atoms with van der Waals surface area (Å²) < 4.78 is 0. The topological polar surface area (TPSA) is 40.9 Å². The number of hydrogen-bond acceptors (Lipinski definition) is 3. The van der Waals surface area contributed by atoms with Gasteiger partial charge in [-0.05, 0) is 29.9 Å². The lowest BCUT2D eigenvalue weighted by Crippen LogP contribution is -2.17. The molecule has 0 saturated heterocycles. The van der Waals surface area contributed by atoms with Gasteiger partial charge in [-0.3, -0.25) is 4.79 Å². The Morgan fingerprint density at radius 2 is 2.21 bits per heavy atom. The summed E-state index contributed by atoms with van der Waals surface area (Å²) in [4.78, 5) is 12.5. The molecule has 0 aliphatic carbocycles. The van der Waals surface area contributed by atoms with E-state index in [1.54, 1.807) is 0 Å². The van der Waals surface area contributed by atoms with Gasteiger partial charge < -0.3 is 0 Å². The Labute approximate surface area is 88.2 Å². The van der Waals surface area contributed by atoms with Crippen LogP contribution in [-0.2, 0) is 0 Å². The molecule has 3 heteroatoms. The Hall–Kier alpha value is -1.14. The second-order valence-corrected chi connectivity index (χ2v) is 4.61. The van der Waals surface area contributed by atoms with Gasteiger partial charge >= 0.3 is 0 Å². The molecule has 0 bridgehead atoms. The Bertz CT molecular complexity index is 373. The number of nitriles is 1. The van der Waals surface area contributed by atoms with E-state index in [0.29, 0.717) is 4.88 Å². The number of carbonyl (C=O) groups is 1. The molecular weight excluding hydrogens is 194 g/mol. The molecule has 1 rings (SSSR count). The highest BCUT2D eigenvalue weighted by molar-refractivity contribution is 7.12. The van der Waals surface area contributed by atoms with Gasteiger partial charge in [0, 0.05) is 0 Å². The highest BCUT2D eigenvalue weighted by atomic mass is 32.1. The number of hydrogen-bond donors (Lipinski definition) is 0. The summed E-state index contributed by atoms with van der Waals surface area (Å²) in [6.07, 6.45) is 0. The van der Waals surface area contributed by atoms with Gasteiger partial charge in [0.15, 0.2) is 5.78 Å². The van der Waals surface area contributed by atoms with Crippen molar-refractivity contribution in [2.24, 2.45) is 11.8 Å². The zero-order chi connectivity index (χ0) is 10.7. The van der Waals surface area contributed by atoms with Crippen LogP contribution in [0.25, 0.3) is 0 Å². The number of thiophene rings is 1. The van der Waals surface area contributed by atoms with E-state index in [1.165, 1.54) is 11.3 Å². The predicted molar refractivity (Wildman–Crippen MR) is 57.3 cm³/mol. The third-order valence-electron chi connectivity index (χ3n) is 2.06. The normalized spacial score (nSPS) is 12.5. The minimum Gasteiger partial charge on any atom is -0.292 e. The maximum atomic E-state index is 11.8. The van der Waals surface area contributed by atoms with Gasteiger partial charge in [-0.15, -0.1) is 11.3 Å². The molecule has 0 radical (unpaired) electrons. The van der Waals surface area contributed by atoms with Crippen molar-refractivity contribution in [1.82, 2.24) is 0 Å². The fraction of sp³-hybridized carbons (Fsp3) is 0.455. The van der Waals surface area contributed by atoms with Crippen molar-refractivity contribution >= 4 is 17.1 Å². The van der Waals surface area contributed by atoms with E-state index in [1.807, 2.05) is 32.2 Å². The highest BCUT2D eigenvalue weighted by Crippen LogP contribution is 2.21. The van der Waals surface area contributed by atoms with E-state index in [2.05, 4.69) is 6.07 Å². The molecule has 1 aromatic heterocycles. The van der Waals surface area contributed by atoms with Crippen molar-refractivity contribution in [2.75, 3.05) is 0 Å². The maximum Gasteiger partial charge on any atom is 0.190 e. The third kappa shape index (κ3) is 2.21. The first kappa shape index (κ1) is 10.9. The monoisotopic (exact) mass is 207 g/mol. The van der Waals surface area contributed by atoms with Gasteiger partial charge in [-0.2, -0.15) is 5.26 Å². The molecule has 1 heterocycles. The average molecular weight is 207 g/mol. The van der Waals surface area contributed by atoms with Crippen molar-refractivity contribution in [3.63, 3.8) is 0 Å². The zero-order valence-corrected chi connectivity index (χ0v) is 9.39. The van der Waals surface area contributed by atoms with Crippen LogP contribution in [0.2, 0.25) is 0 Å². The van der Waals surface area contributed by atoms with E-state index in [4.69, 9.17) is 5.26 Å². The van der Waals surface area contributed by atoms with E-state index in [0.717, 1.165) is 5.56 Å². The Balaban J connectivity index is 2.90. The number of rotatable bonds is 3. The minimum absolute atomic E-state index is 0.0411. The van der Waals surface area contributed by atoms with Crippen LogP contribution in [0.1, 0.15) is 29.1 Å². The molecule has 0 amide bonds. The van der Waals surface area contributed by atoms with Gasteiger partial charge in [0.2, 0.25) is 0 Å². The Morgan fingerprint density at radius 1 is 1.57 bits per heavy atom. The first-order valence-electron chi connectivity index (χ1n) is 4.55. The van der Waals surface area contributed by atoms with Crippen molar-refractivity contribution in [2.45, 2.75) is 20.8 Å². The largest absolute Gasteiger partial charge is 0.292 e. The summed E-state index contributed by atoms with van der Waals surface area (Å²) in [7, 11) is 0. The van der Waals surface area contributed by atoms with Crippen molar-refractivity contribution in [1.29, 1.82) is 5.26 Å². The quantitative estimate of drug-likeness (QED) is 0.715. The molecule has 74 valence electrons. The van der Waals surface area contributed by atoms with Gasteiger partial charge in [-0.1, -0.05) is 13.8 Å². The molecule has 0 aliphatic heterocycles. The summed E-state index contributed by atoms with van der Waals surface area (Å²) in [5, 5.41) is 10.8. The molecule has 0 N–H and O–H groups in total. The first-order chi connectivity index (χ1) is 6.56. The van der Waals surface area contributed by atoms with Crippen LogP contribution >= 0.6 is 11.3 Å². The van der Waals surface area contributed by atoms with E-state index < -0.39 is 5.92 Å².